The van der Waals surface area contributed by atoms with Crippen LogP contribution in [-0.2, 0) is 14.2 Å². The minimum Gasteiger partial charge on any atom is -0.451 e. The minimum atomic E-state index is -1.69. The SMILES string of the molecule is O=C(O[C@@H]1C(n2cc(-c3cc(F)c(F)c(F)c3)nn2)C(O)C(CO)OC12CCCO2)c1ccc(F)cc1F. The van der Waals surface area contributed by atoms with Crippen molar-refractivity contribution in [1.82, 2.24) is 15.0 Å². The van der Waals surface area contributed by atoms with Gasteiger partial charge in [0.2, 0.25) is 5.79 Å². The molecule has 202 valence electrons. The molecule has 5 rings (SSSR count). The first-order valence-electron chi connectivity index (χ1n) is 11.5. The third kappa shape index (κ3) is 4.53. The monoisotopic (exact) mass is 541 g/mol. The molecule has 2 aliphatic heterocycles. The summed E-state index contributed by atoms with van der Waals surface area (Å²) >= 11 is 0. The van der Waals surface area contributed by atoms with Crippen molar-refractivity contribution < 1.29 is 51.2 Å². The molecule has 2 fully saturated rings. The van der Waals surface area contributed by atoms with Gasteiger partial charge in [0.1, 0.15) is 35.6 Å². The van der Waals surface area contributed by atoms with Crippen molar-refractivity contribution in [1.29, 1.82) is 0 Å². The number of hydrogen-bond acceptors (Lipinski definition) is 8. The Balaban J connectivity index is 1.56. The Labute approximate surface area is 211 Å². The lowest BCUT2D eigenvalue weighted by Gasteiger charge is -2.48. The number of carbonyl (C=O) groups is 1. The first-order valence-corrected chi connectivity index (χ1v) is 11.5. The zero-order valence-corrected chi connectivity index (χ0v) is 19.4. The van der Waals surface area contributed by atoms with Crippen LogP contribution in [0, 0.1) is 29.1 Å². The van der Waals surface area contributed by atoms with E-state index in [9.17, 15) is 37.0 Å². The molecule has 1 aromatic heterocycles. The normalized spacial score (nSPS) is 27.1. The fourth-order valence-electron chi connectivity index (χ4n) is 4.70. The molecule has 2 saturated heterocycles. The summed E-state index contributed by atoms with van der Waals surface area (Å²) in [5.74, 6) is -9.63. The largest absolute Gasteiger partial charge is 0.451 e. The van der Waals surface area contributed by atoms with Gasteiger partial charge in [0.25, 0.3) is 0 Å². The number of carbonyl (C=O) groups excluding carboxylic acids is 1. The topological polar surface area (TPSA) is 116 Å². The van der Waals surface area contributed by atoms with Gasteiger partial charge >= 0.3 is 5.97 Å². The van der Waals surface area contributed by atoms with Crippen molar-refractivity contribution in [3.8, 4) is 11.3 Å². The van der Waals surface area contributed by atoms with Gasteiger partial charge in [0.05, 0.1) is 25.0 Å². The van der Waals surface area contributed by atoms with E-state index in [-0.39, 0.29) is 24.3 Å². The second-order valence-corrected chi connectivity index (χ2v) is 8.87. The number of rotatable bonds is 5. The molecule has 1 spiro atoms. The maximum atomic E-state index is 14.3. The summed E-state index contributed by atoms with van der Waals surface area (Å²) < 4.78 is 86.9. The molecule has 2 aliphatic rings. The molecule has 0 amide bonds. The smallest absolute Gasteiger partial charge is 0.341 e. The number of benzene rings is 2. The first-order chi connectivity index (χ1) is 18.1. The number of esters is 1. The highest BCUT2D eigenvalue weighted by Gasteiger charge is 2.60. The molecule has 4 unspecified atom stereocenters. The van der Waals surface area contributed by atoms with Gasteiger partial charge in [-0.1, -0.05) is 5.21 Å². The number of hydrogen-bond donors (Lipinski definition) is 2. The van der Waals surface area contributed by atoms with E-state index in [0.717, 1.165) is 23.0 Å². The van der Waals surface area contributed by atoms with Gasteiger partial charge in [0, 0.05) is 18.1 Å². The van der Waals surface area contributed by atoms with Gasteiger partial charge in [-0.2, -0.15) is 0 Å². The van der Waals surface area contributed by atoms with E-state index in [0.29, 0.717) is 24.6 Å². The number of aliphatic hydroxyl groups is 2. The van der Waals surface area contributed by atoms with Gasteiger partial charge in [0.15, 0.2) is 23.6 Å². The van der Waals surface area contributed by atoms with E-state index < -0.39 is 77.4 Å². The molecule has 9 nitrogen and oxygen atoms in total. The summed E-state index contributed by atoms with van der Waals surface area (Å²) in [5, 5.41) is 28.6. The van der Waals surface area contributed by atoms with E-state index in [1.807, 2.05) is 0 Å². The van der Waals surface area contributed by atoms with Crippen molar-refractivity contribution in [3.05, 3.63) is 71.2 Å². The molecular weight excluding hydrogens is 521 g/mol. The number of aromatic nitrogens is 3. The molecule has 38 heavy (non-hydrogen) atoms. The van der Waals surface area contributed by atoms with Crippen LogP contribution in [0.3, 0.4) is 0 Å². The molecule has 14 heteroatoms. The number of ether oxygens (including phenoxy) is 3. The molecule has 3 heterocycles. The molecular formula is C24H20F5N3O6. The van der Waals surface area contributed by atoms with Gasteiger partial charge in [-0.15, -0.1) is 5.10 Å². The van der Waals surface area contributed by atoms with Crippen LogP contribution < -0.4 is 0 Å². The lowest BCUT2D eigenvalue weighted by molar-refractivity contribution is -0.337. The summed E-state index contributed by atoms with van der Waals surface area (Å²) in [6.07, 6.45) is -2.60. The Morgan fingerprint density at radius 1 is 1.13 bits per heavy atom. The number of aliphatic hydroxyl groups excluding tert-OH is 2. The van der Waals surface area contributed by atoms with Crippen LogP contribution in [0.15, 0.2) is 36.5 Å². The fourth-order valence-corrected chi connectivity index (χ4v) is 4.70. The van der Waals surface area contributed by atoms with Crippen LogP contribution in [0.4, 0.5) is 22.0 Å². The average Bonchev–Trinajstić information content (AvgIpc) is 3.55. The summed E-state index contributed by atoms with van der Waals surface area (Å²) in [6, 6.07) is 2.26. The van der Waals surface area contributed by atoms with Gasteiger partial charge in [-0.25, -0.2) is 31.4 Å². The van der Waals surface area contributed by atoms with E-state index in [1.165, 1.54) is 0 Å². The van der Waals surface area contributed by atoms with Crippen LogP contribution in [0.1, 0.15) is 29.2 Å². The third-order valence-electron chi connectivity index (χ3n) is 6.50. The quantitative estimate of drug-likeness (QED) is 0.288. The Bertz CT molecular complexity index is 1340. The summed E-state index contributed by atoms with van der Waals surface area (Å²) in [5.41, 5.74) is -0.909. The zero-order chi connectivity index (χ0) is 27.2. The van der Waals surface area contributed by atoms with Gasteiger partial charge < -0.3 is 24.4 Å². The van der Waals surface area contributed by atoms with Crippen molar-refractivity contribution in [2.45, 2.75) is 43.0 Å². The molecule has 0 saturated carbocycles. The highest BCUT2D eigenvalue weighted by atomic mass is 19.2. The Morgan fingerprint density at radius 3 is 2.50 bits per heavy atom. The molecule has 2 N–H and O–H groups in total. The van der Waals surface area contributed by atoms with Crippen LogP contribution in [0.5, 0.6) is 0 Å². The summed E-state index contributed by atoms with van der Waals surface area (Å²) in [6.45, 7) is -0.511. The maximum absolute atomic E-state index is 14.3. The van der Waals surface area contributed by atoms with Gasteiger partial charge in [-0.05, 0) is 30.7 Å². The standard InChI is InChI=1S/C24H20F5N3O6/c25-12-2-3-13(14(26)8-12)23(35)37-22-20(21(34)18(10-33)38-24(22)4-1-5-36-24)32-9-17(30-31-32)11-6-15(27)19(29)16(28)7-11/h2-3,6-9,18,20-22,33-34H,1,4-5,10H2/t18?,20?,21?,22-,24?/m1/s1. The number of nitrogens with zero attached hydrogens (tertiary/aromatic N) is 3. The van der Waals surface area contributed by atoms with Crippen molar-refractivity contribution in [2.24, 2.45) is 0 Å². The minimum absolute atomic E-state index is 0.127. The van der Waals surface area contributed by atoms with Crippen molar-refractivity contribution >= 4 is 5.97 Å². The zero-order valence-electron chi connectivity index (χ0n) is 19.4. The van der Waals surface area contributed by atoms with E-state index in [1.54, 1.807) is 0 Å². The molecule has 0 bridgehead atoms. The van der Waals surface area contributed by atoms with Crippen LogP contribution in [-0.4, -0.2) is 68.5 Å². The van der Waals surface area contributed by atoms with Crippen LogP contribution >= 0.6 is 0 Å². The highest BCUT2D eigenvalue weighted by Crippen LogP contribution is 2.45. The van der Waals surface area contributed by atoms with Crippen molar-refractivity contribution in [2.75, 3.05) is 13.2 Å². The Kier molecular flexibility index (Phi) is 6.90. The van der Waals surface area contributed by atoms with Crippen LogP contribution in [0.2, 0.25) is 0 Å². The predicted octanol–water partition coefficient (Wildman–Crippen LogP) is 2.67. The summed E-state index contributed by atoms with van der Waals surface area (Å²) in [7, 11) is 0. The van der Waals surface area contributed by atoms with Crippen LogP contribution in [0.25, 0.3) is 11.3 Å². The molecule has 2 aromatic carbocycles. The third-order valence-corrected chi connectivity index (χ3v) is 6.50. The second kappa shape index (κ2) is 10.0. The Morgan fingerprint density at radius 2 is 1.87 bits per heavy atom. The summed E-state index contributed by atoms with van der Waals surface area (Å²) in [4.78, 5) is 13.0. The Hall–Kier alpha value is -3.46. The van der Waals surface area contributed by atoms with Gasteiger partial charge in [-0.3, -0.25) is 0 Å². The van der Waals surface area contributed by atoms with E-state index in [4.69, 9.17) is 14.2 Å². The molecule has 0 aliphatic carbocycles. The molecule has 3 aromatic rings. The van der Waals surface area contributed by atoms with Crippen molar-refractivity contribution in [3.63, 3.8) is 0 Å². The first kappa shape index (κ1) is 26.2. The fraction of sp³-hybridized carbons (Fsp3) is 0.375. The highest BCUT2D eigenvalue weighted by molar-refractivity contribution is 5.89. The lowest BCUT2D eigenvalue weighted by Crippen LogP contribution is -2.63. The predicted molar refractivity (Wildman–Crippen MR) is 116 cm³/mol. The second-order valence-electron chi connectivity index (χ2n) is 8.87. The lowest BCUT2D eigenvalue weighted by atomic mass is 9.88. The molecule has 5 atom stereocenters. The molecule has 0 radical (unpaired) electrons. The average molecular weight is 541 g/mol. The number of halogens is 5. The van der Waals surface area contributed by atoms with E-state index in [2.05, 4.69) is 10.3 Å². The maximum Gasteiger partial charge on any atom is 0.341 e. The van der Waals surface area contributed by atoms with E-state index >= 15 is 0 Å².